The van der Waals surface area contributed by atoms with Crippen molar-refractivity contribution < 1.29 is 4.79 Å². The van der Waals surface area contributed by atoms with Gasteiger partial charge in [-0.05, 0) is 48.5 Å². The predicted octanol–water partition coefficient (Wildman–Crippen LogP) is 2.14. The van der Waals surface area contributed by atoms with Crippen molar-refractivity contribution in [2.45, 2.75) is 0 Å². The van der Waals surface area contributed by atoms with Gasteiger partial charge in [-0.25, -0.2) is 0 Å². The number of amidine groups is 1. The molecule has 0 aliphatic carbocycles. The zero-order chi connectivity index (χ0) is 17.5. The third-order valence-electron chi connectivity index (χ3n) is 3.35. The first-order chi connectivity index (χ1) is 11.5. The summed E-state index contributed by atoms with van der Waals surface area (Å²) < 4.78 is 0. The van der Waals surface area contributed by atoms with Gasteiger partial charge in [-0.15, -0.1) is 0 Å². The van der Waals surface area contributed by atoms with Crippen LogP contribution < -0.4 is 11.1 Å². The zero-order valence-electron chi connectivity index (χ0n) is 13.8. The van der Waals surface area contributed by atoms with Gasteiger partial charge in [0.2, 0.25) is 0 Å². The molecule has 5 nitrogen and oxygen atoms in total. The van der Waals surface area contributed by atoms with Crippen LogP contribution in [0.3, 0.4) is 0 Å². The van der Waals surface area contributed by atoms with Gasteiger partial charge in [0.15, 0.2) is 0 Å². The van der Waals surface area contributed by atoms with E-state index in [1.807, 2.05) is 24.3 Å². The fourth-order valence-electron chi connectivity index (χ4n) is 2.01. The molecule has 0 radical (unpaired) electrons. The van der Waals surface area contributed by atoms with E-state index in [0.29, 0.717) is 17.7 Å². The predicted molar refractivity (Wildman–Crippen MR) is 97.3 cm³/mol. The largest absolute Gasteiger partial charge is 0.384 e. The van der Waals surface area contributed by atoms with E-state index in [2.05, 4.69) is 17.2 Å². The Bertz CT molecular complexity index is 781. The van der Waals surface area contributed by atoms with E-state index < -0.39 is 0 Å². The molecule has 2 aromatic carbocycles. The molecular weight excluding hydrogens is 300 g/mol. The highest BCUT2D eigenvalue weighted by Crippen LogP contribution is 2.08. The lowest BCUT2D eigenvalue weighted by atomic mass is 10.1. The Morgan fingerprint density at radius 1 is 1.08 bits per heavy atom. The van der Waals surface area contributed by atoms with Gasteiger partial charge in [0.1, 0.15) is 5.84 Å². The SMILES string of the molecule is CN(C)C(=O)c1ccc(C#CCNc2ccc(C(=N)N)cc2)cc1. The van der Waals surface area contributed by atoms with Crippen LogP contribution in [-0.2, 0) is 0 Å². The molecule has 2 rings (SSSR count). The molecular formula is C19H20N4O. The van der Waals surface area contributed by atoms with E-state index in [1.54, 1.807) is 43.3 Å². The van der Waals surface area contributed by atoms with Crippen molar-refractivity contribution in [3.05, 3.63) is 65.2 Å². The second kappa shape index (κ2) is 7.84. The van der Waals surface area contributed by atoms with Gasteiger partial charge in [-0.3, -0.25) is 10.2 Å². The molecule has 0 saturated carbocycles. The Morgan fingerprint density at radius 2 is 1.67 bits per heavy atom. The van der Waals surface area contributed by atoms with Crippen LogP contribution in [0.4, 0.5) is 5.69 Å². The third kappa shape index (κ3) is 4.62. The number of carbonyl (C=O) groups excluding carboxylic acids is 1. The standard InChI is InChI=1S/C19H20N4O/c1-23(2)19(24)16-7-5-14(6-8-16)4-3-13-22-17-11-9-15(10-12-17)18(20)21/h5-12,22H,13H2,1-2H3,(H3,20,21). The van der Waals surface area contributed by atoms with Crippen molar-refractivity contribution in [1.29, 1.82) is 5.41 Å². The van der Waals surface area contributed by atoms with Gasteiger partial charge in [0.25, 0.3) is 5.91 Å². The highest BCUT2D eigenvalue weighted by atomic mass is 16.2. The summed E-state index contributed by atoms with van der Waals surface area (Å²) in [6.07, 6.45) is 0. The molecule has 0 spiro atoms. The van der Waals surface area contributed by atoms with Gasteiger partial charge in [-0.1, -0.05) is 11.8 Å². The molecule has 0 aromatic heterocycles. The van der Waals surface area contributed by atoms with E-state index in [4.69, 9.17) is 11.1 Å². The summed E-state index contributed by atoms with van der Waals surface area (Å²) in [5.74, 6) is 6.11. The van der Waals surface area contributed by atoms with Crippen LogP contribution in [0.2, 0.25) is 0 Å². The van der Waals surface area contributed by atoms with Crippen LogP contribution in [-0.4, -0.2) is 37.3 Å². The monoisotopic (exact) mass is 320 g/mol. The number of nitrogen functional groups attached to an aromatic ring is 1. The Morgan fingerprint density at radius 3 is 2.21 bits per heavy atom. The number of hydrogen-bond donors (Lipinski definition) is 3. The average Bonchev–Trinajstić information content (AvgIpc) is 2.59. The molecule has 2 aromatic rings. The van der Waals surface area contributed by atoms with Gasteiger partial charge < -0.3 is 16.0 Å². The van der Waals surface area contributed by atoms with E-state index in [0.717, 1.165) is 11.3 Å². The number of rotatable bonds is 4. The number of nitrogens with two attached hydrogens (primary N) is 1. The first kappa shape index (κ1) is 17.1. The van der Waals surface area contributed by atoms with Crippen LogP contribution >= 0.6 is 0 Å². The Balaban J connectivity index is 1.91. The second-order valence-corrected chi connectivity index (χ2v) is 5.42. The van der Waals surface area contributed by atoms with Gasteiger partial charge in [0, 0.05) is 36.5 Å². The van der Waals surface area contributed by atoms with E-state index in [-0.39, 0.29) is 11.7 Å². The summed E-state index contributed by atoms with van der Waals surface area (Å²) in [7, 11) is 3.45. The second-order valence-electron chi connectivity index (χ2n) is 5.42. The number of amides is 1. The summed E-state index contributed by atoms with van der Waals surface area (Å²) in [6, 6.07) is 14.5. The minimum atomic E-state index is -0.0230. The number of nitrogens with zero attached hydrogens (tertiary/aromatic N) is 1. The van der Waals surface area contributed by atoms with Crippen LogP contribution in [0.15, 0.2) is 48.5 Å². The number of benzene rings is 2. The Labute approximate surface area is 142 Å². The molecule has 0 aliphatic rings. The minimum Gasteiger partial charge on any atom is -0.384 e. The van der Waals surface area contributed by atoms with Crippen molar-refractivity contribution in [1.82, 2.24) is 4.90 Å². The Hall–Kier alpha value is -3.26. The quantitative estimate of drug-likeness (QED) is 0.458. The van der Waals surface area contributed by atoms with Crippen molar-refractivity contribution in [3.8, 4) is 11.8 Å². The number of nitrogens with one attached hydrogen (secondary N) is 2. The number of hydrogen-bond acceptors (Lipinski definition) is 3. The maximum Gasteiger partial charge on any atom is 0.253 e. The van der Waals surface area contributed by atoms with E-state index >= 15 is 0 Å². The summed E-state index contributed by atoms with van der Waals surface area (Å²) in [6.45, 7) is 0.498. The first-order valence-corrected chi connectivity index (χ1v) is 7.46. The highest BCUT2D eigenvalue weighted by Gasteiger charge is 2.06. The summed E-state index contributed by atoms with van der Waals surface area (Å²) in [5, 5.41) is 10.5. The molecule has 0 fully saturated rings. The van der Waals surface area contributed by atoms with Crippen molar-refractivity contribution in [2.24, 2.45) is 5.73 Å². The summed E-state index contributed by atoms with van der Waals surface area (Å²) >= 11 is 0. The van der Waals surface area contributed by atoms with Crippen LogP contribution in [0.25, 0.3) is 0 Å². The van der Waals surface area contributed by atoms with E-state index in [9.17, 15) is 4.79 Å². The molecule has 5 heteroatoms. The van der Waals surface area contributed by atoms with Crippen LogP contribution in [0.5, 0.6) is 0 Å². The molecule has 0 atom stereocenters. The molecule has 4 N–H and O–H groups in total. The lowest BCUT2D eigenvalue weighted by Crippen LogP contribution is -2.21. The molecule has 1 amide bonds. The fraction of sp³-hybridized carbons (Fsp3) is 0.158. The topological polar surface area (TPSA) is 82.2 Å². The van der Waals surface area contributed by atoms with E-state index in [1.165, 1.54) is 0 Å². The fourth-order valence-corrected chi connectivity index (χ4v) is 2.01. The molecule has 122 valence electrons. The minimum absolute atomic E-state index is 0.0230. The highest BCUT2D eigenvalue weighted by molar-refractivity contribution is 5.95. The number of carbonyl (C=O) groups is 1. The smallest absolute Gasteiger partial charge is 0.253 e. The van der Waals surface area contributed by atoms with Crippen molar-refractivity contribution >= 4 is 17.4 Å². The maximum atomic E-state index is 11.8. The molecule has 24 heavy (non-hydrogen) atoms. The first-order valence-electron chi connectivity index (χ1n) is 7.46. The lowest BCUT2D eigenvalue weighted by molar-refractivity contribution is 0.0827. The molecule has 0 heterocycles. The third-order valence-corrected chi connectivity index (χ3v) is 3.35. The van der Waals surface area contributed by atoms with Gasteiger partial charge >= 0.3 is 0 Å². The molecule has 0 unspecified atom stereocenters. The normalized spacial score (nSPS) is 9.58. The summed E-state index contributed by atoms with van der Waals surface area (Å²) in [4.78, 5) is 13.3. The number of anilines is 1. The summed E-state index contributed by atoms with van der Waals surface area (Å²) in [5.41, 5.74) is 8.53. The lowest BCUT2D eigenvalue weighted by Gasteiger charge is -2.09. The maximum absolute atomic E-state index is 11.8. The zero-order valence-corrected chi connectivity index (χ0v) is 13.8. The van der Waals surface area contributed by atoms with Gasteiger partial charge in [0.05, 0.1) is 6.54 Å². The molecule has 0 bridgehead atoms. The van der Waals surface area contributed by atoms with Crippen molar-refractivity contribution in [3.63, 3.8) is 0 Å². The van der Waals surface area contributed by atoms with Crippen LogP contribution in [0, 0.1) is 17.3 Å². The average molecular weight is 320 g/mol. The van der Waals surface area contributed by atoms with Crippen LogP contribution in [0.1, 0.15) is 21.5 Å². The Kier molecular flexibility index (Phi) is 5.58. The van der Waals surface area contributed by atoms with Gasteiger partial charge in [-0.2, -0.15) is 0 Å². The molecule has 0 aliphatic heterocycles. The van der Waals surface area contributed by atoms with Crippen molar-refractivity contribution in [2.75, 3.05) is 26.0 Å². The molecule has 0 saturated heterocycles.